The minimum atomic E-state index is -0.332. The molecule has 1 aromatic heterocycles. The van der Waals surface area contributed by atoms with Crippen LogP contribution in [0.2, 0.25) is 5.02 Å². The molecule has 0 bridgehead atoms. The average Bonchev–Trinajstić information content (AvgIpc) is 3.00. The quantitative estimate of drug-likeness (QED) is 0.587. The molecule has 0 spiro atoms. The molecule has 0 unspecified atom stereocenters. The van der Waals surface area contributed by atoms with Crippen molar-refractivity contribution in [1.29, 1.82) is 0 Å². The van der Waals surface area contributed by atoms with Crippen molar-refractivity contribution in [2.24, 2.45) is 0 Å². The minimum absolute atomic E-state index is 0.165. The van der Waals surface area contributed by atoms with Crippen LogP contribution < -0.4 is 10.6 Å². The first kappa shape index (κ1) is 17.7. The number of carbonyl (C=O) groups is 1. The molecule has 0 fully saturated rings. The van der Waals surface area contributed by atoms with Crippen molar-refractivity contribution >= 4 is 57.1 Å². The van der Waals surface area contributed by atoms with Crippen LogP contribution in [0.5, 0.6) is 0 Å². The number of hydrogen-bond acceptors (Lipinski definition) is 6. The third-order valence-corrected chi connectivity index (χ3v) is 5.12. The van der Waals surface area contributed by atoms with Gasteiger partial charge in [-0.1, -0.05) is 46.8 Å². The highest BCUT2D eigenvalue weighted by molar-refractivity contribution is 8.01. The van der Waals surface area contributed by atoms with Gasteiger partial charge in [0.25, 0.3) is 0 Å². The molecule has 0 saturated heterocycles. The Morgan fingerprint density at radius 2 is 1.96 bits per heavy atom. The molecule has 128 valence electrons. The second kappa shape index (κ2) is 8.28. The molecule has 9 heteroatoms. The zero-order valence-electron chi connectivity index (χ0n) is 12.7. The van der Waals surface area contributed by atoms with E-state index in [1.54, 1.807) is 36.4 Å². The first-order valence-corrected chi connectivity index (χ1v) is 9.31. The molecule has 3 aromatic rings. The molecule has 0 saturated carbocycles. The summed E-state index contributed by atoms with van der Waals surface area (Å²) in [5.74, 6) is -0.301. The number of thioether (sulfide) groups is 1. The first-order valence-electron chi connectivity index (χ1n) is 7.13. The Hall–Kier alpha value is -2.16. The van der Waals surface area contributed by atoms with Gasteiger partial charge in [-0.05, 0) is 36.4 Å². The van der Waals surface area contributed by atoms with Gasteiger partial charge in [0.1, 0.15) is 5.82 Å². The Morgan fingerprint density at radius 3 is 2.76 bits per heavy atom. The number of anilines is 3. The lowest BCUT2D eigenvalue weighted by atomic mass is 10.3. The summed E-state index contributed by atoms with van der Waals surface area (Å²) in [7, 11) is 0. The topological polar surface area (TPSA) is 66.9 Å². The smallest absolute Gasteiger partial charge is 0.234 e. The molecule has 2 aromatic carbocycles. The zero-order chi connectivity index (χ0) is 17.6. The molecule has 0 aliphatic carbocycles. The third-order valence-electron chi connectivity index (χ3n) is 2.92. The highest BCUT2D eigenvalue weighted by Gasteiger charge is 2.09. The molecule has 0 aliphatic rings. The van der Waals surface area contributed by atoms with E-state index in [0.29, 0.717) is 25.9 Å². The van der Waals surface area contributed by atoms with Gasteiger partial charge in [-0.3, -0.25) is 4.79 Å². The van der Waals surface area contributed by atoms with Gasteiger partial charge in [0.05, 0.1) is 5.75 Å². The number of halogens is 2. The van der Waals surface area contributed by atoms with E-state index in [4.69, 9.17) is 11.6 Å². The van der Waals surface area contributed by atoms with Gasteiger partial charge >= 0.3 is 0 Å². The van der Waals surface area contributed by atoms with Crippen LogP contribution in [0.4, 0.5) is 20.9 Å². The van der Waals surface area contributed by atoms with Gasteiger partial charge < -0.3 is 10.6 Å². The van der Waals surface area contributed by atoms with Gasteiger partial charge in [0.15, 0.2) is 4.34 Å². The maximum atomic E-state index is 13.2. The van der Waals surface area contributed by atoms with Crippen molar-refractivity contribution in [3.8, 4) is 0 Å². The molecular weight excluding hydrogens is 383 g/mol. The summed E-state index contributed by atoms with van der Waals surface area (Å²) in [6.45, 7) is 0. The SMILES string of the molecule is O=C(CSc1nnc(Nc2cccc(F)c2)s1)Nc1cccc(Cl)c1. The monoisotopic (exact) mass is 394 g/mol. The number of hydrogen-bond donors (Lipinski definition) is 2. The van der Waals surface area contributed by atoms with Crippen molar-refractivity contribution in [2.75, 3.05) is 16.4 Å². The van der Waals surface area contributed by atoms with E-state index in [-0.39, 0.29) is 17.5 Å². The summed E-state index contributed by atoms with van der Waals surface area (Å²) >= 11 is 8.44. The molecular formula is C16H12ClFN4OS2. The number of carbonyl (C=O) groups excluding carboxylic acids is 1. The Balaban J connectivity index is 1.52. The fourth-order valence-electron chi connectivity index (χ4n) is 1.90. The summed E-state index contributed by atoms with van der Waals surface area (Å²) in [6, 6.07) is 13.0. The lowest BCUT2D eigenvalue weighted by Crippen LogP contribution is -2.13. The number of rotatable bonds is 6. The van der Waals surface area contributed by atoms with Gasteiger partial charge in [-0.2, -0.15) is 0 Å². The van der Waals surface area contributed by atoms with E-state index < -0.39 is 0 Å². The van der Waals surface area contributed by atoms with E-state index in [0.717, 1.165) is 0 Å². The Bertz CT molecular complexity index is 890. The van der Waals surface area contributed by atoms with Crippen LogP contribution in [0.25, 0.3) is 0 Å². The van der Waals surface area contributed by atoms with E-state index in [1.165, 1.54) is 35.2 Å². The van der Waals surface area contributed by atoms with Crippen molar-refractivity contribution in [3.63, 3.8) is 0 Å². The number of nitrogens with zero attached hydrogens (tertiary/aromatic N) is 2. The Labute approximate surface area is 156 Å². The maximum Gasteiger partial charge on any atom is 0.234 e. The maximum absolute atomic E-state index is 13.2. The standard InChI is InChI=1S/C16H12ClFN4OS2/c17-10-3-1-5-12(7-10)19-14(23)9-24-16-22-21-15(25-16)20-13-6-2-4-11(18)8-13/h1-8H,9H2,(H,19,23)(H,20,21). The van der Waals surface area contributed by atoms with Gasteiger partial charge in [0, 0.05) is 16.4 Å². The fourth-order valence-corrected chi connectivity index (χ4v) is 3.66. The van der Waals surface area contributed by atoms with E-state index in [9.17, 15) is 9.18 Å². The molecule has 1 heterocycles. The van der Waals surface area contributed by atoms with Crippen molar-refractivity contribution < 1.29 is 9.18 Å². The number of benzene rings is 2. The second-order valence-corrected chi connectivity index (χ2v) is 7.49. The van der Waals surface area contributed by atoms with Crippen molar-refractivity contribution in [3.05, 3.63) is 59.4 Å². The van der Waals surface area contributed by atoms with E-state index in [1.807, 2.05) is 0 Å². The molecule has 1 amide bonds. The number of nitrogens with one attached hydrogen (secondary N) is 2. The van der Waals surface area contributed by atoms with Crippen LogP contribution in [-0.4, -0.2) is 21.9 Å². The van der Waals surface area contributed by atoms with E-state index in [2.05, 4.69) is 20.8 Å². The number of aromatic nitrogens is 2. The summed E-state index contributed by atoms with van der Waals surface area (Å²) < 4.78 is 13.8. The summed E-state index contributed by atoms with van der Waals surface area (Å²) in [5, 5.41) is 14.8. The van der Waals surface area contributed by atoms with Gasteiger partial charge in [-0.15, -0.1) is 10.2 Å². The highest BCUT2D eigenvalue weighted by atomic mass is 35.5. The second-order valence-electron chi connectivity index (χ2n) is 4.86. The predicted octanol–water partition coefficient (Wildman–Crippen LogP) is 4.81. The molecule has 0 atom stereocenters. The van der Waals surface area contributed by atoms with Crippen LogP contribution >= 0.6 is 34.7 Å². The molecule has 0 radical (unpaired) electrons. The number of amides is 1. The summed E-state index contributed by atoms with van der Waals surface area (Å²) in [4.78, 5) is 12.0. The van der Waals surface area contributed by atoms with Crippen LogP contribution in [0.3, 0.4) is 0 Å². The first-order chi connectivity index (χ1) is 12.1. The van der Waals surface area contributed by atoms with Crippen LogP contribution in [0.1, 0.15) is 0 Å². The van der Waals surface area contributed by atoms with Crippen LogP contribution in [0, 0.1) is 5.82 Å². The summed E-state index contributed by atoms with van der Waals surface area (Å²) in [5.41, 5.74) is 1.23. The molecule has 5 nitrogen and oxygen atoms in total. The normalized spacial score (nSPS) is 10.5. The molecule has 0 aliphatic heterocycles. The predicted molar refractivity (Wildman–Crippen MR) is 100 cm³/mol. The Kier molecular flexibility index (Phi) is 5.85. The van der Waals surface area contributed by atoms with Gasteiger partial charge in [0.2, 0.25) is 11.0 Å². The van der Waals surface area contributed by atoms with Crippen molar-refractivity contribution in [1.82, 2.24) is 10.2 Å². The lowest BCUT2D eigenvalue weighted by Gasteiger charge is -2.04. The lowest BCUT2D eigenvalue weighted by molar-refractivity contribution is -0.113. The largest absolute Gasteiger partial charge is 0.330 e. The minimum Gasteiger partial charge on any atom is -0.330 e. The molecule has 25 heavy (non-hydrogen) atoms. The van der Waals surface area contributed by atoms with Crippen molar-refractivity contribution in [2.45, 2.75) is 4.34 Å². The highest BCUT2D eigenvalue weighted by Crippen LogP contribution is 2.28. The van der Waals surface area contributed by atoms with Crippen LogP contribution in [0.15, 0.2) is 52.9 Å². The molecule has 3 rings (SSSR count). The fraction of sp³-hybridized carbons (Fsp3) is 0.0625. The average molecular weight is 395 g/mol. The van der Waals surface area contributed by atoms with Gasteiger partial charge in [-0.25, -0.2) is 4.39 Å². The molecule has 2 N–H and O–H groups in total. The van der Waals surface area contributed by atoms with Crippen LogP contribution in [-0.2, 0) is 4.79 Å². The zero-order valence-corrected chi connectivity index (χ0v) is 15.1. The third kappa shape index (κ3) is 5.42. The summed E-state index contributed by atoms with van der Waals surface area (Å²) in [6.07, 6.45) is 0. The Morgan fingerprint density at radius 1 is 1.16 bits per heavy atom. The van der Waals surface area contributed by atoms with E-state index >= 15 is 0 Å².